The van der Waals surface area contributed by atoms with Gasteiger partial charge in [-0.1, -0.05) is 42.5 Å². The lowest BCUT2D eigenvalue weighted by atomic mass is 9.89. The zero-order valence-corrected chi connectivity index (χ0v) is 12.4. The van der Waals surface area contributed by atoms with Crippen molar-refractivity contribution >= 4 is 6.09 Å². The monoisotopic (exact) mass is 285 g/mol. The van der Waals surface area contributed by atoms with Crippen LogP contribution in [0, 0.1) is 0 Å². The second-order valence-electron chi connectivity index (χ2n) is 5.97. The van der Waals surface area contributed by atoms with E-state index < -0.39 is 0 Å². The fourth-order valence-electron chi connectivity index (χ4n) is 3.43. The van der Waals surface area contributed by atoms with Gasteiger partial charge < -0.3 is 9.64 Å². The van der Waals surface area contributed by atoms with Gasteiger partial charge in [-0.2, -0.15) is 0 Å². The van der Waals surface area contributed by atoms with Gasteiger partial charge in [-0.3, -0.25) is 0 Å². The van der Waals surface area contributed by atoms with Crippen molar-refractivity contribution in [3.05, 3.63) is 48.0 Å². The first-order valence-corrected chi connectivity index (χ1v) is 7.98. The first kappa shape index (κ1) is 14.2. The van der Waals surface area contributed by atoms with Gasteiger partial charge >= 0.3 is 6.09 Å². The van der Waals surface area contributed by atoms with Crippen LogP contribution in [0.2, 0.25) is 0 Å². The van der Waals surface area contributed by atoms with Gasteiger partial charge in [0.1, 0.15) is 6.61 Å². The van der Waals surface area contributed by atoms with Crippen molar-refractivity contribution in [3.8, 4) is 0 Å². The van der Waals surface area contributed by atoms with Crippen LogP contribution in [-0.2, 0) is 11.3 Å². The van der Waals surface area contributed by atoms with Crippen LogP contribution in [0.4, 0.5) is 4.79 Å². The minimum Gasteiger partial charge on any atom is -0.445 e. The molecule has 0 spiro atoms. The van der Waals surface area contributed by atoms with Gasteiger partial charge in [0.15, 0.2) is 0 Å². The van der Waals surface area contributed by atoms with E-state index in [2.05, 4.69) is 12.2 Å². The van der Waals surface area contributed by atoms with Crippen LogP contribution in [0.1, 0.15) is 44.1 Å². The highest BCUT2D eigenvalue weighted by atomic mass is 16.6. The lowest BCUT2D eigenvalue weighted by Gasteiger charge is -2.42. The summed E-state index contributed by atoms with van der Waals surface area (Å²) in [5.41, 5.74) is 1.04. The summed E-state index contributed by atoms with van der Waals surface area (Å²) in [6, 6.07) is 10.6. The minimum absolute atomic E-state index is 0.135. The number of fused-ring (bicyclic) bond motifs is 2. The van der Waals surface area contributed by atoms with Gasteiger partial charge in [0.25, 0.3) is 0 Å². The molecule has 1 aromatic rings. The highest BCUT2D eigenvalue weighted by molar-refractivity contribution is 5.68. The topological polar surface area (TPSA) is 29.5 Å². The van der Waals surface area contributed by atoms with Crippen LogP contribution >= 0.6 is 0 Å². The Morgan fingerprint density at radius 3 is 2.76 bits per heavy atom. The zero-order valence-electron chi connectivity index (χ0n) is 12.4. The lowest BCUT2D eigenvalue weighted by Crippen LogP contribution is -2.50. The maximum Gasteiger partial charge on any atom is 0.410 e. The largest absolute Gasteiger partial charge is 0.445 e. The fourth-order valence-corrected chi connectivity index (χ4v) is 3.43. The molecule has 1 saturated heterocycles. The number of piperidine rings is 1. The van der Waals surface area contributed by atoms with E-state index in [0.717, 1.165) is 37.7 Å². The van der Waals surface area contributed by atoms with Gasteiger partial charge in [-0.25, -0.2) is 4.79 Å². The fraction of sp³-hybridized carbons (Fsp3) is 0.500. The maximum absolute atomic E-state index is 12.5. The SMILES string of the molecule is O=C(OCc1ccccc1)N1[C@H]2CC/C=C\C[C@@H]1CCC2. The van der Waals surface area contributed by atoms with E-state index in [1.54, 1.807) is 0 Å². The van der Waals surface area contributed by atoms with Crippen LogP contribution in [0.3, 0.4) is 0 Å². The molecule has 0 aromatic heterocycles. The van der Waals surface area contributed by atoms with E-state index in [1.165, 1.54) is 6.42 Å². The van der Waals surface area contributed by atoms with Gasteiger partial charge in [-0.05, 0) is 44.1 Å². The second-order valence-corrected chi connectivity index (χ2v) is 5.97. The molecule has 1 fully saturated rings. The molecule has 0 saturated carbocycles. The normalized spacial score (nSPS) is 26.6. The number of hydrogen-bond acceptors (Lipinski definition) is 2. The Bertz CT molecular complexity index is 497. The summed E-state index contributed by atoms with van der Waals surface area (Å²) >= 11 is 0. The van der Waals surface area contributed by atoms with Crippen LogP contribution < -0.4 is 0 Å². The Kier molecular flexibility index (Phi) is 4.59. The summed E-state index contributed by atoms with van der Waals surface area (Å²) in [5, 5.41) is 0. The third kappa shape index (κ3) is 3.46. The molecule has 0 radical (unpaired) electrons. The Morgan fingerprint density at radius 2 is 1.90 bits per heavy atom. The van der Waals surface area contributed by atoms with Crippen molar-refractivity contribution in [3.63, 3.8) is 0 Å². The van der Waals surface area contributed by atoms with E-state index >= 15 is 0 Å². The first-order chi connectivity index (χ1) is 10.3. The first-order valence-electron chi connectivity index (χ1n) is 7.98. The van der Waals surface area contributed by atoms with Gasteiger partial charge in [0, 0.05) is 12.1 Å². The predicted molar refractivity (Wildman–Crippen MR) is 82.9 cm³/mol. The molecule has 1 amide bonds. The van der Waals surface area contributed by atoms with Crippen molar-refractivity contribution in [1.82, 2.24) is 4.90 Å². The van der Waals surface area contributed by atoms with Crippen LogP contribution in [0.5, 0.6) is 0 Å². The summed E-state index contributed by atoms with van der Waals surface area (Å²) in [6.45, 7) is 0.367. The molecule has 2 bridgehead atoms. The number of nitrogens with zero attached hydrogens (tertiary/aromatic N) is 1. The molecular weight excluding hydrogens is 262 g/mol. The van der Waals surface area contributed by atoms with Crippen molar-refractivity contribution in [2.75, 3.05) is 0 Å². The molecule has 0 N–H and O–H groups in total. The Labute approximate surface area is 126 Å². The summed E-state index contributed by atoms with van der Waals surface area (Å²) in [4.78, 5) is 14.6. The maximum atomic E-state index is 12.5. The molecule has 21 heavy (non-hydrogen) atoms. The van der Waals surface area contributed by atoms with Gasteiger partial charge in [-0.15, -0.1) is 0 Å². The van der Waals surface area contributed by atoms with E-state index in [-0.39, 0.29) is 6.09 Å². The standard InChI is InChI=1S/C18H23NO2/c20-18(21-14-15-8-3-1-4-9-15)19-16-10-5-2-6-11-17(19)13-7-12-16/h1-5,8-9,16-17H,6-7,10-14H2/b5-2-/t16-,17+/m1/s1. The predicted octanol–water partition coefficient (Wildman–Crippen LogP) is 4.29. The number of benzene rings is 1. The molecule has 0 unspecified atom stereocenters. The van der Waals surface area contributed by atoms with Crippen molar-refractivity contribution in [2.24, 2.45) is 0 Å². The second kappa shape index (κ2) is 6.79. The van der Waals surface area contributed by atoms with E-state index in [1.807, 2.05) is 35.2 Å². The van der Waals surface area contributed by atoms with Crippen LogP contribution in [-0.4, -0.2) is 23.1 Å². The smallest absolute Gasteiger partial charge is 0.410 e. The molecule has 3 heteroatoms. The molecule has 2 aliphatic heterocycles. The number of carbonyl (C=O) groups excluding carboxylic acids is 1. The quantitative estimate of drug-likeness (QED) is 0.759. The van der Waals surface area contributed by atoms with Crippen molar-refractivity contribution in [1.29, 1.82) is 0 Å². The molecule has 2 aliphatic rings. The highest BCUT2D eigenvalue weighted by Gasteiger charge is 2.34. The molecule has 112 valence electrons. The zero-order chi connectivity index (χ0) is 14.5. The average molecular weight is 285 g/mol. The van der Waals surface area contributed by atoms with Crippen LogP contribution in [0.15, 0.2) is 42.5 Å². The third-order valence-electron chi connectivity index (χ3n) is 4.52. The molecule has 0 aliphatic carbocycles. The summed E-state index contributed by atoms with van der Waals surface area (Å²) in [6.07, 6.45) is 10.9. The molecule has 2 atom stereocenters. The van der Waals surface area contributed by atoms with E-state index in [0.29, 0.717) is 18.7 Å². The number of carbonyl (C=O) groups is 1. The molecular formula is C18H23NO2. The number of ether oxygens (including phenoxy) is 1. The number of amides is 1. The van der Waals surface area contributed by atoms with Crippen LogP contribution in [0.25, 0.3) is 0 Å². The summed E-state index contributed by atoms with van der Waals surface area (Å²) in [5.74, 6) is 0. The summed E-state index contributed by atoms with van der Waals surface area (Å²) in [7, 11) is 0. The Hall–Kier alpha value is -1.77. The molecule has 3 rings (SSSR count). The lowest BCUT2D eigenvalue weighted by molar-refractivity contribution is 0.0391. The number of hydrogen-bond donors (Lipinski definition) is 0. The van der Waals surface area contributed by atoms with Gasteiger partial charge in [0.05, 0.1) is 0 Å². The molecule has 2 heterocycles. The third-order valence-corrected chi connectivity index (χ3v) is 4.52. The highest BCUT2D eigenvalue weighted by Crippen LogP contribution is 2.30. The number of allylic oxidation sites excluding steroid dienone is 1. The van der Waals surface area contributed by atoms with E-state index in [4.69, 9.17) is 4.74 Å². The molecule has 3 nitrogen and oxygen atoms in total. The molecule has 1 aromatic carbocycles. The Morgan fingerprint density at radius 1 is 1.10 bits per heavy atom. The van der Waals surface area contributed by atoms with Crippen molar-refractivity contribution < 1.29 is 9.53 Å². The van der Waals surface area contributed by atoms with Crippen molar-refractivity contribution in [2.45, 2.75) is 57.2 Å². The van der Waals surface area contributed by atoms with E-state index in [9.17, 15) is 4.79 Å². The van der Waals surface area contributed by atoms with Gasteiger partial charge in [0.2, 0.25) is 0 Å². The minimum atomic E-state index is -0.135. The number of rotatable bonds is 2. The summed E-state index contributed by atoms with van der Waals surface area (Å²) < 4.78 is 5.56. The average Bonchev–Trinajstić information content (AvgIpc) is 2.52. The Balaban J connectivity index is 1.65.